The fourth-order valence-electron chi connectivity index (χ4n) is 2.77. The third kappa shape index (κ3) is 4.73. The molecule has 0 aromatic heterocycles. The van der Waals surface area contributed by atoms with Gasteiger partial charge in [-0.05, 0) is 44.6 Å². The van der Waals surface area contributed by atoms with E-state index in [9.17, 15) is 13.2 Å². The van der Waals surface area contributed by atoms with E-state index in [1.54, 1.807) is 0 Å². The molecule has 1 aliphatic rings. The zero-order valence-electron chi connectivity index (χ0n) is 10.2. The maximum atomic E-state index is 12.1. The van der Waals surface area contributed by atoms with Gasteiger partial charge < -0.3 is 5.32 Å². The van der Waals surface area contributed by atoms with Crippen molar-refractivity contribution in [1.29, 1.82) is 0 Å². The Hall–Kier alpha value is -0.250. The average Bonchev–Trinajstić information content (AvgIpc) is 2.49. The summed E-state index contributed by atoms with van der Waals surface area (Å²) in [5.74, 6) is 0.538. The predicted octanol–water partition coefficient (Wildman–Crippen LogP) is 3.89. The SMILES string of the molecule is CC(C)CC1(CCCC(F)(F)F)CCCN1. The van der Waals surface area contributed by atoms with Crippen LogP contribution in [0.25, 0.3) is 0 Å². The Bertz CT molecular complexity index is 205. The van der Waals surface area contributed by atoms with Crippen molar-refractivity contribution in [3.8, 4) is 0 Å². The third-order valence-corrected chi connectivity index (χ3v) is 3.25. The number of nitrogens with one attached hydrogen (secondary N) is 1. The van der Waals surface area contributed by atoms with Crippen molar-refractivity contribution in [3.63, 3.8) is 0 Å². The molecular formula is C12H22F3N. The zero-order valence-corrected chi connectivity index (χ0v) is 10.2. The lowest BCUT2D eigenvalue weighted by atomic mass is 9.83. The molecule has 1 aliphatic heterocycles. The Balaban J connectivity index is 2.39. The van der Waals surface area contributed by atoms with Gasteiger partial charge in [0.05, 0.1) is 0 Å². The highest BCUT2D eigenvalue weighted by Gasteiger charge is 2.35. The van der Waals surface area contributed by atoms with E-state index in [0.29, 0.717) is 12.3 Å². The van der Waals surface area contributed by atoms with Gasteiger partial charge in [-0.3, -0.25) is 0 Å². The van der Waals surface area contributed by atoms with Crippen molar-refractivity contribution in [2.45, 2.75) is 64.1 Å². The zero-order chi connectivity index (χ0) is 12.2. The van der Waals surface area contributed by atoms with Gasteiger partial charge in [0.25, 0.3) is 0 Å². The van der Waals surface area contributed by atoms with E-state index in [-0.39, 0.29) is 12.0 Å². The fraction of sp³-hybridized carbons (Fsp3) is 1.00. The van der Waals surface area contributed by atoms with Gasteiger partial charge in [-0.25, -0.2) is 0 Å². The first-order valence-electron chi connectivity index (χ1n) is 6.15. The molecule has 1 unspecified atom stereocenters. The van der Waals surface area contributed by atoms with Crippen molar-refractivity contribution >= 4 is 0 Å². The van der Waals surface area contributed by atoms with Crippen LogP contribution in [0.5, 0.6) is 0 Å². The minimum absolute atomic E-state index is 0.0145. The van der Waals surface area contributed by atoms with E-state index in [1.165, 1.54) is 0 Å². The maximum absolute atomic E-state index is 12.1. The lowest BCUT2D eigenvalue weighted by Crippen LogP contribution is -2.41. The molecule has 0 aromatic carbocycles. The second kappa shape index (κ2) is 5.39. The van der Waals surface area contributed by atoms with Gasteiger partial charge in [0.1, 0.15) is 0 Å². The topological polar surface area (TPSA) is 12.0 Å². The van der Waals surface area contributed by atoms with Crippen LogP contribution in [0.2, 0.25) is 0 Å². The van der Waals surface area contributed by atoms with Gasteiger partial charge in [0.15, 0.2) is 0 Å². The largest absolute Gasteiger partial charge is 0.389 e. The maximum Gasteiger partial charge on any atom is 0.389 e. The molecule has 0 aliphatic carbocycles. The molecule has 0 spiro atoms. The van der Waals surface area contributed by atoms with Crippen LogP contribution in [0.4, 0.5) is 13.2 Å². The number of alkyl halides is 3. The van der Waals surface area contributed by atoms with Crippen LogP contribution in [0.3, 0.4) is 0 Å². The van der Waals surface area contributed by atoms with Crippen molar-refractivity contribution in [3.05, 3.63) is 0 Å². The highest BCUT2D eigenvalue weighted by Crippen LogP contribution is 2.33. The van der Waals surface area contributed by atoms with Crippen molar-refractivity contribution in [2.24, 2.45) is 5.92 Å². The smallest absolute Gasteiger partial charge is 0.311 e. The molecule has 1 fully saturated rings. The lowest BCUT2D eigenvalue weighted by Gasteiger charge is -2.31. The molecule has 1 N–H and O–H groups in total. The van der Waals surface area contributed by atoms with Crippen molar-refractivity contribution in [2.75, 3.05) is 6.54 Å². The molecular weight excluding hydrogens is 215 g/mol. The minimum Gasteiger partial charge on any atom is -0.311 e. The van der Waals surface area contributed by atoms with Crippen LogP contribution in [-0.2, 0) is 0 Å². The number of rotatable bonds is 5. The molecule has 0 saturated carbocycles. The molecule has 1 atom stereocenters. The number of hydrogen-bond acceptors (Lipinski definition) is 1. The van der Waals surface area contributed by atoms with E-state index >= 15 is 0 Å². The monoisotopic (exact) mass is 237 g/mol. The molecule has 0 aromatic rings. The lowest BCUT2D eigenvalue weighted by molar-refractivity contribution is -0.136. The van der Waals surface area contributed by atoms with Crippen LogP contribution in [0.1, 0.15) is 52.4 Å². The summed E-state index contributed by atoms with van der Waals surface area (Å²) < 4.78 is 36.3. The predicted molar refractivity (Wildman–Crippen MR) is 59.3 cm³/mol. The number of hydrogen-bond donors (Lipinski definition) is 1. The fourth-order valence-corrected chi connectivity index (χ4v) is 2.77. The summed E-state index contributed by atoms with van der Waals surface area (Å²) in [6.07, 6.45) is -0.618. The highest BCUT2D eigenvalue weighted by atomic mass is 19.4. The molecule has 1 saturated heterocycles. The molecule has 1 nitrogen and oxygen atoms in total. The van der Waals surface area contributed by atoms with E-state index < -0.39 is 12.6 Å². The van der Waals surface area contributed by atoms with Crippen LogP contribution < -0.4 is 5.32 Å². The summed E-state index contributed by atoms with van der Waals surface area (Å²) in [7, 11) is 0. The van der Waals surface area contributed by atoms with Gasteiger partial charge in [-0.2, -0.15) is 13.2 Å². The van der Waals surface area contributed by atoms with Gasteiger partial charge in [-0.15, -0.1) is 0 Å². The Morgan fingerprint density at radius 2 is 2.00 bits per heavy atom. The normalized spacial score (nSPS) is 26.6. The van der Waals surface area contributed by atoms with Gasteiger partial charge in [0, 0.05) is 12.0 Å². The van der Waals surface area contributed by atoms with Crippen LogP contribution in [0.15, 0.2) is 0 Å². The van der Waals surface area contributed by atoms with E-state index in [0.717, 1.165) is 25.8 Å². The van der Waals surface area contributed by atoms with Gasteiger partial charge >= 0.3 is 6.18 Å². The summed E-state index contributed by atoms with van der Waals surface area (Å²) in [6, 6.07) is 0. The van der Waals surface area contributed by atoms with Gasteiger partial charge in [0.2, 0.25) is 0 Å². The first-order chi connectivity index (χ1) is 7.33. The molecule has 0 bridgehead atoms. The van der Waals surface area contributed by atoms with Crippen molar-refractivity contribution in [1.82, 2.24) is 5.32 Å². The minimum atomic E-state index is -4.00. The quantitative estimate of drug-likeness (QED) is 0.765. The summed E-state index contributed by atoms with van der Waals surface area (Å²) >= 11 is 0. The van der Waals surface area contributed by atoms with E-state index in [2.05, 4.69) is 19.2 Å². The summed E-state index contributed by atoms with van der Waals surface area (Å²) in [4.78, 5) is 0. The molecule has 4 heteroatoms. The highest BCUT2D eigenvalue weighted by molar-refractivity contribution is 4.93. The number of halogens is 3. The molecule has 1 rings (SSSR count). The second-order valence-electron chi connectivity index (χ2n) is 5.38. The standard InChI is InChI=1S/C12H22F3N/c1-10(2)9-11(6-4-8-16-11)5-3-7-12(13,14)15/h10,16H,3-9H2,1-2H3. The Labute approximate surface area is 95.8 Å². The third-order valence-electron chi connectivity index (χ3n) is 3.25. The summed E-state index contributed by atoms with van der Waals surface area (Å²) in [5.41, 5.74) is -0.0145. The van der Waals surface area contributed by atoms with Crippen molar-refractivity contribution < 1.29 is 13.2 Å². The first kappa shape index (κ1) is 13.8. The molecule has 96 valence electrons. The molecule has 1 heterocycles. The van der Waals surface area contributed by atoms with Crippen LogP contribution in [0, 0.1) is 5.92 Å². The first-order valence-corrected chi connectivity index (χ1v) is 6.15. The summed E-state index contributed by atoms with van der Waals surface area (Å²) in [6.45, 7) is 5.22. The molecule has 0 amide bonds. The van der Waals surface area contributed by atoms with E-state index in [4.69, 9.17) is 0 Å². The molecule has 16 heavy (non-hydrogen) atoms. The Morgan fingerprint density at radius 3 is 2.44 bits per heavy atom. The molecule has 0 radical (unpaired) electrons. The Kier molecular flexibility index (Phi) is 4.65. The van der Waals surface area contributed by atoms with Crippen LogP contribution >= 0.6 is 0 Å². The van der Waals surface area contributed by atoms with Crippen LogP contribution in [-0.4, -0.2) is 18.3 Å². The Morgan fingerprint density at radius 1 is 1.31 bits per heavy atom. The summed E-state index contributed by atoms with van der Waals surface area (Å²) in [5, 5.41) is 3.42. The van der Waals surface area contributed by atoms with Gasteiger partial charge in [-0.1, -0.05) is 13.8 Å². The van der Waals surface area contributed by atoms with E-state index in [1.807, 2.05) is 0 Å². The average molecular weight is 237 g/mol. The second-order valence-corrected chi connectivity index (χ2v) is 5.38.